The quantitative estimate of drug-likeness (QED) is 0.754. The molecule has 0 aromatic carbocycles. The number of nitrogens with two attached hydrogens (primary N) is 1. The number of piperidine rings is 1. The van der Waals surface area contributed by atoms with Gasteiger partial charge < -0.3 is 11.1 Å². The SMILES string of the molecule is CCCNC(=O)C(C)N1CCC(C)(CN)CC1. The number of hydrogen-bond acceptors (Lipinski definition) is 3. The Kier molecular flexibility index (Phi) is 5.40. The molecular formula is C13H27N3O. The third-order valence-electron chi connectivity index (χ3n) is 3.97. The van der Waals surface area contributed by atoms with Crippen LogP contribution in [-0.4, -0.2) is 43.0 Å². The molecule has 1 fully saturated rings. The van der Waals surface area contributed by atoms with Crippen molar-refractivity contribution in [2.24, 2.45) is 11.1 Å². The van der Waals surface area contributed by atoms with E-state index in [2.05, 4.69) is 24.1 Å². The van der Waals surface area contributed by atoms with E-state index in [0.29, 0.717) is 0 Å². The molecule has 1 rings (SSSR count). The Morgan fingerprint density at radius 3 is 2.53 bits per heavy atom. The first-order valence-electron chi connectivity index (χ1n) is 6.74. The Balaban J connectivity index is 2.40. The van der Waals surface area contributed by atoms with Crippen LogP contribution in [0.2, 0.25) is 0 Å². The molecule has 0 saturated carbocycles. The van der Waals surface area contributed by atoms with Gasteiger partial charge in [0.1, 0.15) is 0 Å². The van der Waals surface area contributed by atoms with Crippen LogP contribution in [0.4, 0.5) is 0 Å². The molecular weight excluding hydrogens is 214 g/mol. The average molecular weight is 241 g/mol. The predicted molar refractivity (Wildman–Crippen MR) is 70.7 cm³/mol. The summed E-state index contributed by atoms with van der Waals surface area (Å²) in [4.78, 5) is 14.1. The molecule has 100 valence electrons. The second kappa shape index (κ2) is 6.36. The van der Waals surface area contributed by atoms with Crippen molar-refractivity contribution >= 4 is 5.91 Å². The third kappa shape index (κ3) is 3.96. The number of nitrogens with zero attached hydrogens (tertiary/aromatic N) is 1. The summed E-state index contributed by atoms with van der Waals surface area (Å²) in [6.45, 7) is 9.79. The summed E-state index contributed by atoms with van der Waals surface area (Å²) in [6.07, 6.45) is 3.17. The lowest BCUT2D eigenvalue weighted by molar-refractivity contribution is -0.126. The Bertz CT molecular complexity index is 247. The van der Waals surface area contributed by atoms with Gasteiger partial charge in [0.15, 0.2) is 0 Å². The molecule has 1 amide bonds. The Morgan fingerprint density at radius 2 is 2.06 bits per heavy atom. The number of nitrogens with one attached hydrogen (secondary N) is 1. The lowest BCUT2D eigenvalue weighted by atomic mass is 9.80. The Morgan fingerprint density at radius 1 is 1.47 bits per heavy atom. The van der Waals surface area contributed by atoms with Gasteiger partial charge >= 0.3 is 0 Å². The maximum Gasteiger partial charge on any atom is 0.237 e. The fourth-order valence-corrected chi connectivity index (χ4v) is 2.22. The smallest absolute Gasteiger partial charge is 0.237 e. The van der Waals surface area contributed by atoms with Crippen molar-refractivity contribution in [1.29, 1.82) is 0 Å². The molecule has 4 nitrogen and oxygen atoms in total. The van der Waals surface area contributed by atoms with Gasteiger partial charge in [0.25, 0.3) is 0 Å². The topological polar surface area (TPSA) is 58.4 Å². The highest BCUT2D eigenvalue weighted by atomic mass is 16.2. The summed E-state index contributed by atoms with van der Waals surface area (Å²) >= 11 is 0. The zero-order valence-electron chi connectivity index (χ0n) is 11.5. The molecule has 0 radical (unpaired) electrons. The fourth-order valence-electron chi connectivity index (χ4n) is 2.22. The van der Waals surface area contributed by atoms with Crippen molar-refractivity contribution in [3.8, 4) is 0 Å². The lowest BCUT2D eigenvalue weighted by Crippen LogP contribution is -2.51. The molecule has 1 saturated heterocycles. The second-order valence-corrected chi connectivity index (χ2v) is 5.52. The van der Waals surface area contributed by atoms with Crippen LogP contribution in [0.25, 0.3) is 0 Å². The fraction of sp³-hybridized carbons (Fsp3) is 0.923. The van der Waals surface area contributed by atoms with Gasteiger partial charge in [-0.05, 0) is 51.2 Å². The number of carbonyl (C=O) groups is 1. The van der Waals surface area contributed by atoms with Crippen LogP contribution in [0.3, 0.4) is 0 Å². The second-order valence-electron chi connectivity index (χ2n) is 5.52. The van der Waals surface area contributed by atoms with Gasteiger partial charge in [-0.1, -0.05) is 13.8 Å². The Hall–Kier alpha value is -0.610. The number of likely N-dealkylation sites (tertiary alicyclic amines) is 1. The monoisotopic (exact) mass is 241 g/mol. The van der Waals surface area contributed by atoms with E-state index >= 15 is 0 Å². The maximum atomic E-state index is 11.9. The van der Waals surface area contributed by atoms with Crippen LogP contribution in [0, 0.1) is 5.41 Å². The molecule has 0 aliphatic carbocycles. The molecule has 1 unspecified atom stereocenters. The summed E-state index contributed by atoms with van der Waals surface area (Å²) in [5.41, 5.74) is 6.06. The Labute approximate surface area is 105 Å². The molecule has 4 heteroatoms. The van der Waals surface area contributed by atoms with Crippen molar-refractivity contribution in [3.63, 3.8) is 0 Å². The standard InChI is InChI=1S/C13H27N3O/c1-4-7-15-12(17)11(2)16-8-5-13(3,10-14)6-9-16/h11H,4-10,14H2,1-3H3,(H,15,17). The molecule has 1 heterocycles. The number of amides is 1. The van der Waals surface area contributed by atoms with Crippen LogP contribution in [0.1, 0.15) is 40.0 Å². The minimum absolute atomic E-state index is 0.0103. The molecule has 0 bridgehead atoms. The highest BCUT2D eigenvalue weighted by Gasteiger charge is 2.32. The first kappa shape index (κ1) is 14.5. The van der Waals surface area contributed by atoms with Gasteiger partial charge in [0.05, 0.1) is 6.04 Å². The maximum absolute atomic E-state index is 11.9. The van der Waals surface area contributed by atoms with Crippen LogP contribution in [0.5, 0.6) is 0 Å². The van der Waals surface area contributed by atoms with Crippen LogP contribution in [-0.2, 0) is 4.79 Å². The van der Waals surface area contributed by atoms with Crippen molar-refractivity contribution in [1.82, 2.24) is 10.2 Å². The van der Waals surface area contributed by atoms with Gasteiger partial charge in [0.2, 0.25) is 5.91 Å². The number of rotatable bonds is 5. The molecule has 0 spiro atoms. The average Bonchev–Trinajstić information content (AvgIpc) is 2.36. The normalized spacial score (nSPS) is 22.1. The van der Waals surface area contributed by atoms with Crippen molar-refractivity contribution in [2.75, 3.05) is 26.2 Å². The van der Waals surface area contributed by atoms with Gasteiger partial charge in [-0.15, -0.1) is 0 Å². The van der Waals surface area contributed by atoms with E-state index in [9.17, 15) is 4.79 Å². The molecule has 3 N–H and O–H groups in total. The first-order chi connectivity index (χ1) is 8.02. The molecule has 1 atom stereocenters. The lowest BCUT2D eigenvalue weighted by Gasteiger charge is -2.40. The summed E-state index contributed by atoms with van der Waals surface area (Å²) in [5, 5.41) is 2.96. The van der Waals surface area contributed by atoms with E-state index < -0.39 is 0 Å². The van der Waals surface area contributed by atoms with Gasteiger partial charge in [-0.2, -0.15) is 0 Å². The van der Waals surface area contributed by atoms with Gasteiger partial charge in [-0.25, -0.2) is 0 Å². The highest BCUT2D eigenvalue weighted by Crippen LogP contribution is 2.30. The van der Waals surface area contributed by atoms with E-state index in [-0.39, 0.29) is 17.4 Å². The molecule has 1 aliphatic rings. The van der Waals surface area contributed by atoms with E-state index in [1.165, 1.54) is 0 Å². The van der Waals surface area contributed by atoms with Crippen LogP contribution in [0.15, 0.2) is 0 Å². The van der Waals surface area contributed by atoms with Crippen LogP contribution >= 0.6 is 0 Å². The van der Waals surface area contributed by atoms with Gasteiger partial charge in [0, 0.05) is 6.54 Å². The summed E-state index contributed by atoms with van der Waals surface area (Å²) in [7, 11) is 0. The van der Waals surface area contributed by atoms with Crippen molar-refractivity contribution in [2.45, 2.75) is 46.1 Å². The van der Waals surface area contributed by atoms with Crippen LogP contribution < -0.4 is 11.1 Å². The zero-order chi connectivity index (χ0) is 12.9. The molecule has 0 aromatic rings. The minimum atomic E-state index is -0.0103. The largest absolute Gasteiger partial charge is 0.355 e. The van der Waals surface area contributed by atoms with E-state index in [1.807, 2.05) is 6.92 Å². The van der Waals surface area contributed by atoms with Crippen molar-refractivity contribution in [3.05, 3.63) is 0 Å². The molecule has 17 heavy (non-hydrogen) atoms. The molecule has 1 aliphatic heterocycles. The van der Waals surface area contributed by atoms with E-state index in [0.717, 1.165) is 45.4 Å². The summed E-state index contributed by atoms with van der Waals surface area (Å²) in [5.74, 6) is 0.156. The van der Waals surface area contributed by atoms with Gasteiger partial charge in [-0.3, -0.25) is 9.69 Å². The third-order valence-corrected chi connectivity index (χ3v) is 3.97. The van der Waals surface area contributed by atoms with E-state index in [1.54, 1.807) is 0 Å². The van der Waals surface area contributed by atoms with Crippen molar-refractivity contribution < 1.29 is 4.79 Å². The first-order valence-corrected chi connectivity index (χ1v) is 6.74. The number of carbonyl (C=O) groups excluding carboxylic acids is 1. The zero-order valence-corrected chi connectivity index (χ0v) is 11.5. The highest BCUT2D eigenvalue weighted by molar-refractivity contribution is 5.81. The molecule has 0 aromatic heterocycles. The summed E-state index contributed by atoms with van der Waals surface area (Å²) < 4.78 is 0. The number of hydrogen-bond donors (Lipinski definition) is 2. The summed E-state index contributed by atoms with van der Waals surface area (Å²) in [6, 6.07) is -0.0103. The minimum Gasteiger partial charge on any atom is -0.355 e. The van der Waals surface area contributed by atoms with E-state index in [4.69, 9.17) is 5.73 Å². The predicted octanol–water partition coefficient (Wildman–Crippen LogP) is 0.962.